The average Bonchev–Trinajstić information content (AvgIpc) is 2.33. The van der Waals surface area contributed by atoms with E-state index in [2.05, 4.69) is 10.0 Å². The van der Waals surface area contributed by atoms with Crippen LogP contribution in [0.25, 0.3) is 0 Å². The molecule has 1 saturated heterocycles. The molecule has 1 aliphatic heterocycles. The summed E-state index contributed by atoms with van der Waals surface area (Å²) in [7, 11) is -3.78. The lowest BCUT2D eigenvalue weighted by Gasteiger charge is -2.23. The van der Waals surface area contributed by atoms with Gasteiger partial charge in [-0.05, 0) is 37.6 Å². The zero-order valence-corrected chi connectivity index (χ0v) is 11.2. The maximum absolute atomic E-state index is 13.1. The van der Waals surface area contributed by atoms with Crippen molar-refractivity contribution in [2.45, 2.75) is 23.8 Å². The Balaban J connectivity index is 2.21. The molecule has 0 saturated carbocycles. The number of nitrogens with one attached hydrogen (secondary N) is 2. The third kappa shape index (κ3) is 3.20. The Morgan fingerprint density at radius 1 is 1.44 bits per heavy atom. The molecule has 2 N–H and O–H groups in total. The minimum Gasteiger partial charge on any atom is -0.315 e. The maximum Gasteiger partial charge on any atom is 0.242 e. The first-order chi connectivity index (χ1) is 8.49. The van der Waals surface area contributed by atoms with Gasteiger partial charge in [0.1, 0.15) is 10.7 Å². The van der Waals surface area contributed by atoms with E-state index in [4.69, 9.17) is 11.6 Å². The highest BCUT2D eigenvalue weighted by Crippen LogP contribution is 2.22. The third-order valence-corrected chi connectivity index (χ3v) is 4.80. The van der Waals surface area contributed by atoms with E-state index in [0.29, 0.717) is 6.54 Å². The summed E-state index contributed by atoms with van der Waals surface area (Å²) in [6, 6.07) is 3.12. The zero-order valence-electron chi connectivity index (χ0n) is 9.62. The SMILES string of the molecule is O=S(=O)(N[C@@H]1CCCNC1)c1cc(F)ccc1Cl. The van der Waals surface area contributed by atoms with Crippen LogP contribution in [0.1, 0.15) is 12.8 Å². The number of sulfonamides is 1. The summed E-state index contributed by atoms with van der Waals surface area (Å²) in [6.45, 7) is 1.46. The van der Waals surface area contributed by atoms with Crippen molar-refractivity contribution in [2.24, 2.45) is 0 Å². The number of benzene rings is 1. The molecule has 4 nitrogen and oxygen atoms in total. The first-order valence-corrected chi connectivity index (χ1v) is 7.53. The molecule has 0 bridgehead atoms. The molecule has 1 aromatic rings. The molecular formula is C11H14ClFN2O2S. The van der Waals surface area contributed by atoms with Crippen molar-refractivity contribution < 1.29 is 12.8 Å². The van der Waals surface area contributed by atoms with Crippen molar-refractivity contribution in [2.75, 3.05) is 13.1 Å². The molecule has 18 heavy (non-hydrogen) atoms. The summed E-state index contributed by atoms with van der Waals surface area (Å²) >= 11 is 5.80. The molecule has 0 aliphatic carbocycles. The highest BCUT2D eigenvalue weighted by atomic mass is 35.5. The lowest BCUT2D eigenvalue weighted by molar-refractivity contribution is 0.428. The fourth-order valence-corrected chi connectivity index (χ4v) is 3.70. The smallest absolute Gasteiger partial charge is 0.242 e. The maximum atomic E-state index is 13.1. The van der Waals surface area contributed by atoms with Gasteiger partial charge < -0.3 is 5.32 Å². The minimum absolute atomic E-state index is 0.0210. The number of hydrogen-bond acceptors (Lipinski definition) is 3. The van der Waals surface area contributed by atoms with Gasteiger partial charge in [0, 0.05) is 12.6 Å². The lowest BCUT2D eigenvalue weighted by atomic mass is 10.1. The Bertz CT molecular complexity index is 530. The Kier molecular flexibility index (Phi) is 4.21. The molecule has 1 heterocycles. The summed E-state index contributed by atoms with van der Waals surface area (Å²) < 4.78 is 39.8. The normalized spacial score (nSPS) is 20.9. The molecule has 0 unspecified atom stereocenters. The van der Waals surface area contributed by atoms with Crippen molar-refractivity contribution >= 4 is 21.6 Å². The van der Waals surface area contributed by atoms with E-state index in [9.17, 15) is 12.8 Å². The van der Waals surface area contributed by atoms with Crippen molar-refractivity contribution in [3.8, 4) is 0 Å². The summed E-state index contributed by atoms with van der Waals surface area (Å²) in [5.74, 6) is -0.624. The second-order valence-electron chi connectivity index (χ2n) is 4.24. The number of halogens is 2. The van der Waals surface area contributed by atoms with Gasteiger partial charge in [-0.3, -0.25) is 0 Å². The Labute approximate surface area is 111 Å². The van der Waals surface area contributed by atoms with Crippen LogP contribution in [0, 0.1) is 5.82 Å². The first kappa shape index (κ1) is 13.7. The van der Waals surface area contributed by atoms with E-state index in [1.54, 1.807) is 0 Å². The summed E-state index contributed by atoms with van der Waals surface area (Å²) in [5, 5.41) is 3.12. The van der Waals surface area contributed by atoms with E-state index in [0.717, 1.165) is 31.5 Å². The van der Waals surface area contributed by atoms with Gasteiger partial charge in [-0.15, -0.1) is 0 Å². The Morgan fingerprint density at radius 2 is 2.22 bits per heavy atom. The van der Waals surface area contributed by atoms with Gasteiger partial charge >= 0.3 is 0 Å². The van der Waals surface area contributed by atoms with Crippen LogP contribution in [-0.4, -0.2) is 27.5 Å². The van der Waals surface area contributed by atoms with Crippen molar-refractivity contribution in [1.29, 1.82) is 0 Å². The van der Waals surface area contributed by atoms with Crippen molar-refractivity contribution in [3.63, 3.8) is 0 Å². The van der Waals surface area contributed by atoms with E-state index in [1.165, 1.54) is 6.07 Å². The van der Waals surface area contributed by atoms with Gasteiger partial charge in [-0.1, -0.05) is 11.6 Å². The second kappa shape index (κ2) is 5.52. The molecular weight excluding hydrogens is 279 g/mol. The molecule has 0 spiro atoms. The molecule has 1 aromatic carbocycles. The van der Waals surface area contributed by atoms with E-state index < -0.39 is 15.8 Å². The van der Waals surface area contributed by atoms with Crippen LogP contribution in [0.5, 0.6) is 0 Å². The first-order valence-electron chi connectivity index (χ1n) is 5.67. The van der Waals surface area contributed by atoms with Gasteiger partial charge in [0.2, 0.25) is 10.0 Å². The van der Waals surface area contributed by atoms with E-state index in [1.807, 2.05) is 0 Å². The fraction of sp³-hybridized carbons (Fsp3) is 0.455. The molecule has 1 atom stereocenters. The van der Waals surface area contributed by atoms with Gasteiger partial charge in [0.25, 0.3) is 0 Å². The highest BCUT2D eigenvalue weighted by Gasteiger charge is 2.24. The van der Waals surface area contributed by atoms with E-state index in [-0.39, 0.29) is 16.0 Å². The standard InChI is InChI=1S/C11H14ClFN2O2S/c12-10-4-3-8(13)6-11(10)18(16,17)15-9-2-1-5-14-7-9/h3-4,6,9,14-15H,1-2,5,7H2/t9-/m1/s1. The van der Waals surface area contributed by atoms with Gasteiger partial charge in [0.15, 0.2) is 0 Å². The minimum atomic E-state index is -3.78. The average molecular weight is 293 g/mol. The summed E-state index contributed by atoms with van der Waals surface area (Å²) in [4.78, 5) is -0.213. The monoisotopic (exact) mass is 292 g/mol. The van der Waals surface area contributed by atoms with Crippen LogP contribution >= 0.6 is 11.6 Å². The molecule has 0 aromatic heterocycles. The fourth-order valence-electron chi connectivity index (χ4n) is 1.92. The molecule has 2 rings (SSSR count). The number of rotatable bonds is 3. The summed E-state index contributed by atoms with van der Waals surface area (Å²) in [5.41, 5.74) is 0. The topological polar surface area (TPSA) is 58.2 Å². The quantitative estimate of drug-likeness (QED) is 0.888. The van der Waals surface area contributed by atoms with E-state index >= 15 is 0 Å². The van der Waals surface area contributed by atoms with Crippen molar-refractivity contribution in [1.82, 2.24) is 10.0 Å². The van der Waals surface area contributed by atoms with Crippen LogP contribution in [0.2, 0.25) is 5.02 Å². The van der Waals surface area contributed by atoms with Crippen LogP contribution < -0.4 is 10.0 Å². The van der Waals surface area contributed by atoms with Crippen LogP contribution in [0.15, 0.2) is 23.1 Å². The predicted octanol–water partition coefficient (Wildman–Crippen LogP) is 1.51. The highest BCUT2D eigenvalue weighted by molar-refractivity contribution is 7.89. The van der Waals surface area contributed by atoms with Gasteiger partial charge in [-0.25, -0.2) is 17.5 Å². The van der Waals surface area contributed by atoms with Crippen LogP contribution in [0.4, 0.5) is 4.39 Å². The van der Waals surface area contributed by atoms with Crippen LogP contribution in [-0.2, 0) is 10.0 Å². The lowest BCUT2D eigenvalue weighted by Crippen LogP contribution is -2.45. The number of piperidine rings is 1. The third-order valence-electron chi connectivity index (χ3n) is 2.80. The zero-order chi connectivity index (χ0) is 13.2. The Morgan fingerprint density at radius 3 is 2.89 bits per heavy atom. The molecule has 1 aliphatic rings. The second-order valence-corrected chi connectivity index (χ2v) is 6.33. The van der Waals surface area contributed by atoms with Crippen molar-refractivity contribution in [3.05, 3.63) is 29.0 Å². The number of hydrogen-bond donors (Lipinski definition) is 2. The predicted molar refractivity (Wildman–Crippen MR) is 67.6 cm³/mol. The molecule has 100 valence electrons. The molecule has 7 heteroatoms. The Hall–Kier alpha value is -0.690. The van der Waals surface area contributed by atoms with Gasteiger partial charge in [-0.2, -0.15) is 0 Å². The van der Waals surface area contributed by atoms with Gasteiger partial charge in [0.05, 0.1) is 5.02 Å². The largest absolute Gasteiger partial charge is 0.315 e. The van der Waals surface area contributed by atoms with Crippen LogP contribution in [0.3, 0.4) is 0 Å². The molecule has 0 radical (unpaired) electrons. The molecule has 0 amide bonds. The summed E-state index contributed by atoms with van der Waals surface area (Å²) in [6.07, 6.45) is 1.67. The molecule has 1 fully saturated rings.